The van der Waals surface area contributed by atoms with Crippen LogP contribution in [0.15, 0.2) is 24.3 Å². The molecule has 98 valence electrons. The molecule has 19 heavy (non-hydrogen) atoms. The highest BCUT2D eigenvalue weighted by molar-refractivity contribution is 5.94. The average Bonchev–Trinajstić information content (AvgIpc) is 2.69. The quantitative estimate of drug-likeness (QED) is 0.916. The maximum absolute atomic E-state index is 9.30. The molecule has 0 unspecified atom stereocenters. The van der Waals surface area contributed by atoms with Gasteiger partial charge in [0.1, 0.15) is 5.41 Å². The lowest BCUT2D eigenvalue weighted by molar-refractivity contribution is -0.0716. The third-order valence-electron chi connectivity index (χ3n) is 3.77. The molecule has 0 atom stereocenters. The minimum absolute atomic E-state index is 0.348. The molecular formula is C15H17N3O. The third kappa shape index (κ3) is 1.87. The van der Waals surface area contributed by atoms with Crippen molar-refractivity contribution in [3.63, 3.8) is 0 Å². The number of hydrogen-bond donors (Lipinski definition) is 1. The molecule has 0 radical (unpaired) electrons. The molecule has 1 aromatic carbocycles. The summed E-state index contributed by atoms with van der Waals surface area (Å²) in [6.07, 6.45) is 0. The predicted octanol–water partition coefficient (Wildman–Crippen LogP) is 2.45. The normalized spacial score (nSPS) is 16.9. The molecule has 2 heterocycles. The van der Waals surface area contributed by atoms with Crippen molar-refractivity contribution >= 4 is 16.6 Å². The number of aromatic amines is 1. The van der Waals surface area contributed by atoms with Gasteiger partial charge in [-0.05, 0) is 13.0 Å². The minimum atomic E-state index is -0.348. The highest BCUT2D eigenvalue weighted by Crippen LogP contribution is 2.34. The minimum Gasteiger partial charge on any atom is -0.378 e. The number of fused-ring (bicyclic) bond motifs is 1. The van der Waals surface area contributed by atoms with Crippen LogP contribution in [0.3, 0.4) is 0 Å². The monoisotopic (exact) mass is 255 g/mol. The van der Waals surface area contributed by atoms with Crippen LogP contribution < -0.4 is 4.90 Å². The largest absolute Gasteiger partial charge is 0.378 e. The van der Waals surface area contributed by atoms with E-state index in [1.165, 1.54) is 11.1 Å². The van der Waals surface area contributed by atoms with E-state index in [4.69, 9.17) is 4.74 Å². The Morgan fingerprint density at radius 1 is 1.42 bits per heavy atom. The molecule has 0 saturated carbocycles. The fourth-order valence-electron chi connectivity index (χ4n) is 2.83. The smallest absolute Gasteiger partial charge is 0.121 e. The van der Waals surface area contributed by atoms with Crippen LogP contribution in [0.2, 0.25) is 0 Å². The SMILES string of the molecule is Cc1[nH]c2ccccc2c1N(C)CC1(C#N)COC1. The Kier molecular flexibility index (Phi) is 2.72. The summed E-state index contributed by atoms with van der Waals surface area (Å²) in [5, 5.41) is 10.5. The number of ether oxygens (including phenoxy) is 1. The second kappa shape index (κ2) is 4.29. The number of nitrogens with zero attached hydrogens (tertiary/aromatic N) is 2. The topological polar surface area (TPSA) is 52.0 Å². The first-order valence-corrected chi connectivity index (χ1v) is 6.43. The van der Waals surface area contributed by atoms with Crippen molar-refractivity contribution in [2.75, 3.05) is 31.7 Å². The van der Waals surface area contributed by atoms with Gasteiger partial charge < -0.3 is 14.6 Å². The van der Waals surface area contributed by atoms with Crippen LogP contribution in [0.4, 0.5) is 5.69 Å². The summed E-state index contributed by atoms with van der Waals surface area (Å²) in [6, 6.07) is 10.7. The summed E-state index contributed by atoms with van der Waals surface area (Å²) in [4.78, 5) is 5.56. The summed E-state index contributed by atoms with van der Waals surface area (Å²) >= 11 is 0. The highest BCUT2D eigenvalue weighted by atomic mass is 16.5. The van der Waals surface area contributed by atoms with E-state index in [2.05, 4.69) is 35.0 Å². The maximum Gasteiger partial charge on any atom is 0.121 e. The molecule has 1 aliphatic rings. The van der Waals surface area contributed by atoms with E-state index in [1.54, 1.807) is 0 Å². The van der Waals surface area contributed by atoms with Crippen molar-refractivity contribution < 1.29 is 4.74 Å². The number of nitrogens with one attached hydrogen (secondary N) is 1. The standard InChI is InChI=1S/C15H17N3O/c1-11-14(12-5-3-4-6-13(12)17-11)18(2)8-15(7-16)9-19-10-15/h3-6,17H,8-10H2,1-2H3. The Bertz CT molecular complexity index is 649. The molecule has 2 aromatic rings. The molecule has 3 rings (SSSR count). The van der Waals surface area contributed by atoms with Gasteiger partial charge in [-0.2, -0.15) is 5.26 Å². The molecule has 1 saturated heterocycles. The number of anilines is 1. The molecule has 1 fully saturated rings. The van der Waals surface area contributed by atoms with E-state index < -0.39 is 0 Å². The van der Waals surface area contributed by atoms with E-state index in [9.17, 15) is 5.26 Å². The third-order valence-corrected chi connectivity index (χ3v) is 3.77. The van der Waals surface area contributed by atoms with Crippen LogP contribution in [0.5, 0.6) is 0 Å². The van der Waals surface area contributed by atoms with E-state index in [0.717, 1.165) is 11.2 Å². The number of aromatic nitrogens is 1. The Labute approximate surface area is 112 Å². The first-order valence-electron chi connectivity index (χ1n) is 6.43. The summed E-state index contributed by atoms with van der Waals surface area (Å²) < 4.78 is 5.21. The molecule has 1 aromatic heterocycles. The Hall–Kier alpha value is -1.99. The van der Waals surface area contributed by atoms with Crippen molar-refractivity contribution in [1.29, 1.82) is 5.26 Å². The van der Waals surface area contributed by atoms with Gasteiger partial charge in [0.25, 0.3) is 0 Å². The lowest BCUT2D eigenvalue weighted by Crippen LogP contribution is -2.49. The number of para-hydroxylation sites is 1. The Morgan fingerprint density at radius 3 is 2.79 bits per heavy atom. The molecule has 0 aliphatic carbocycles. The van der Waals surface area contributed by atoms with Gasteiger partial charge in [-0.15, -0.1) is 0 Å². The summed E-state index contributed by atoms with van der Waals surface area (Å²) in [5.41, 5.74) is 3.10. The molecule has 0 amide bonds. The number of benzene rings is 1. The zero-order valence-electron chi connectivity index (χ0n) is 11.2. The number of nitriles is 1. The number of hydrogen-bond acceptors (Lipinski definition) is 3. The molecule has 0 spiro atoms. The second-order valence-electron chi connectivity index (χ2n) is 5.39. The van der Waals surface area contributed by atoms with Gasteiger partial charge in [-0.3, -0.25) is 0 Å². The number of rotatable bonds is 3. The van der Waals surface area contributed by atoms with Crippen molar-refractivity contribution in [2.24, 2.45) is 5.41 Å². The van der Waals surface area contributed by atoms with Gasteiger partial charge >= 0.3 is 0 Å². The zero-order valence-corrected chi connectivity index (χ0v) is 11.2. The van der Waals surface area contributed by atoms with Gasteiger partial charge in [-0.1, -0.05) is 18.2 Å². The van der Waals surface area contributed by atoms with Crippen LogP contribution in [-0.2, 0) is 4.74 Å². The van der Waals surface area contributed by atoms with E-state index in [0.29, 0.717) is 19.8 Å². The Balaban J connectivity index is 1.96. The second-order valence-corrected chi connectivity index (χ2v) is 5.39. The van der Waals surface area contributed by atoms with Gasteiger partial charge in [0.05, 0.1) is 25.0 Å². The lowest BCUT2D eigenvalue weighted by Gasteiger charge is -2.38. The van der Waals surface area contributed by atoms with Crippen molar-refractivity contribution in [3.8, 4) is 6.07 Å². The molecule has 1 N–H and O–H groups in total. The number of aryl methyl sites for hydroxylation is 1. The molecule has 0 bridgehead atoms. The van der Waals surface area contributed by atoms with Crippen molar-refractivity contribution in [2.45, 2.75) is 6.92 Å². The Morgan fingerprint density at radius 2 is 2.16 bits per heavy atom. The fourth-order valence-corrected chi connectivity index (χ4v) is 2.83. The van der Waals surface area contributed by atoms with Gasteiger partial charge in [0.15, 0.2) is 0 Å². The van der Waals surface area contributed by atoms with E-state index in [-0.39, 0.29) is 5.41 Å². The summed E-state index contributed by atoms with van der Waals surface area (Å²) in [6.45, 7) is 3.85. The molecule has 4 nitrogen and oxygen atoms in total. The summed E-state index contributed by atoms with van der Waals surface area (Å²) in [7, 11) is 2.04. The van der Waals surface area contributed by atoms with Gasteiger partial charge in [-0.25, -0.2) is 0 Å². The van der Waals surface area contributed by atoms with Crippen LogP contribution >= 0.6 is 0 Å². The predicted molar refractivity (Wildman–Crippen MR) is 75.2 cm³/mol. The zero-order chi connectivity index (χ0) is 13.5. The molecule has 4 heteroatoms. The first-order chi connectivity index (χ1) is 9.15. The van der Waals surface area contributed by atoms with Gasteiger partial charge in [0, 0.05) is 30.2 Å². The van der Waals surface area contributed by atoms with Crippen LogP contribution in [0.25, 0.3) is 10.9 Å². The van der Waals surface area contributed by atoms with Gasteiger partial charge in [0.2, 0.25) is 0 Å². The fraction of sp³-hybridized carbons (Fsp3) is 0.400. The molecule has 1 aliphatic heterocycles. The maximum atomic E-state index is 9.30. The van der Waals surface area contributed by atoms with Crippen molar-refractivity contribution in [3.05, 3.63) is 30.0 Å². The highest BCUT2D eigenvalue weighted by Gasteiger charge is 2.40. The average molecular weight is 255 g/mol. The van der Waals surface area contributed by atoms with E-state index in [1.807, 2.05) is 19.2 Å². The molecular weight excluding hydrogens is 238 g/mol. The number of H-pyrrole nitrogens is 1. The summed E-state index contributed by atoms with van der Waals surface area (Å²) in [5.74, 6) is 0. The van der Waals surface area contributed by atoms with Crippen molar-refractivity contribution in [1.82, 2.24) is 4.98 Å². The first kappa shape index (κ1) is 12.1. The van der Waals surface area contributed by atoms with Crippen LogP contribution in [0, 0.1) is 23.7 Å². The van der Waals surface area contributed by atoms with Crippen LogP contribution in [-0.4, -0.2) is 31.8 Å². The van der Waals surface area contributed by atoms with Crippen LogP contribution in [0.1, 0.15) is 5.69 Å². The van der Waals surface area contributed by atoms with E-state index >= 15 is 0 Å². The lowest BCUT2D eigenvalue weighted by atomic mass is 9.87.